The maximum atomic E-state index is 11.7. The first-order valence-corrected chi connectivity index (χ1v) is 6.52. The van der Waals surface area contributed by atoms with Gasteiger partial charge in [-0.1, -0.05) is 19.1 Å². The van der Waals surface area contributed by atoms with Crippen LogP contribution in [0.25, 0.3) is 0 Å². The van der Waals surface area contributed by atoms with Gasteiger partial charge in [0.2, 0.25) is 0 Å². The second kappa shape index (κ2) is 5.48. The summed E-state index contributed by atoms with van der Waals surface area (Å²) in [5.41, 5.74) is 1.32. The number of hydrogen-bond donors (Lipinski definition) is 0. The molecule has 2 rings (SSSR count). The normalized spacial score (nSPS) is 21.9. The van der Waals surface area contributed by atoms with Gasteiger partial charge in [0.15, 0.2) is 0 Å². The smallest absolute Gasteiger partial charge is 0.310 e. The number of methoxy groups -OCH3 is 1. The summed E-state index contributed by atoms with van der Waals surface area (Å²) in [5, 5.41) is 11.2. The summed E-state index contributed by atoms with van der Waals surface area (Å²) >= 11 is 0. The predicted molar refractivity (Wildman–Crippen MR) is 74.7 cm³/mol. The van der Waals surface area contributed by atoms with Crippen LogP contribution in [0.15, 0.2) is 18.2 Å². The van der Waals surface area contributed by atoms with Crippen molar-refractivity contribution in [3.63, 3.8) is 0 Å². The van der Waals surface area contributed by atoms with Crippen molar-refractivity contribution >= 4 is 17.3 Å². The van der Waals surface area contributed by atoms with Gasteiger partial charge >= 0.3 is 5.97 Å². The minimum Gasteiger partial charge on any atom is -0.469 e. The van der Waals surface area contributed by atoms with E-state index >= 15 is 0 Å². The monoisotopic (exact) mass is 278 g/mol. The van der Waals surface area contributed by atoms with E-state index in [4.69, 9.17) is 4.74 Å². The highest BCUT2D eigenvalue weighted by atomic mass is 16.6. The molecule has 1 aromatic carbocycles. The molecule has 20 heavy (non-hydrogen) atoms. The van der Waals surface area contributed by atoms with Gasteiger partial charge in [0.25, 0.3) is 5.69 Å². The third-order valence-corrected chi connectivity index (χ3v) is 3.86. The fourth-order valence-corrected chi connectivity index (χ4v) is 2.76. The molecular formula is C14H18N2O4. The second-order valence-corrected chi connectivity index (χ2v) is 5.21. The molecule has 1 aliphatic heterocycles. The Morgan fingerprint density at radius 3 is 2.75 bits per heavy atom. The summed E-state index contributed by atoms with van der Waals surface area (Å²) in [6, 6.07) is 5.25. The number of carbonyl (C=O) groups excluding carboxylic acids is 1. The Hall–Kier alpha value is -2.11. The average molecular weight is 278 g/mol. The highest BCUT2D eigenvalue weighted by Gasteiger charge is 2.37. The number of nitro groups is 1. The van der Waals surface area contributed by atoms with Crippen molar-refractivity contribution in [2.45, 2.75) is 13.8 Å². The lowest BCUT2D eigenvalue weighted by Crippen LogP contribution is -2.24. The van der Waals surface area contributed by atoms with E-state index in [1.165, 1.54) is 7.11 Å². The third-order valence-electron chi connectivity index (χ3n) is 3.86. The Kier molecular flexibility index (Phi) is 3.92. The molecule has 0 bridgehead atoms. The lowest BCUT2D eigenvalue weighted by molar-refractivity contribution is -0.384. The van der Waals surface area contributed by atoms with E-state index in [9.17, 15) is 14.9 Å². The molecule has 1 aliphatic rings. The van der Waals surface area contributed by atoms with Gasteiger partial charge < -0.3 is 9.64 Å². The van der Waals surface area contributed by atoms with Crippen LogP contribution in [0.1, 0.15) is 12.5 Å². The number of nitro benzene ring substituents is 1. The topological polar surface area (TPSA) is 72.7 Å². The molecule has 0 aliphatic carbocycles. The Balaban J connectivity index is 2.33. The Morgan fingerprint density at radius 2 is 2.15 bits per heavy atom. The lowest BCUT2D eigenvalue weighted by atomic mass is 9.99. The van der Waals surface area contributed by atoms with Gasteiger partial charge in [-0.3, -0.25) is 14.9 Å². The quantitative estimate of drug-likeness (QED) is 0.481. The molecule has 108 valence electrons. The van der Waals surface area contributed by atoms with Crippen molar-refractivity contribution in [2.75, 3.05) is 25.1 Å². The van der Waals surface area contributed by atoms with Crippen LogP contribution in [0.4, 0.5) is 11.4 Å². The number of hydrogen-bond acceptors (Lipinski definition) is 5. The van der Waals surface area contributed by atoms with E-state index in [0.29, 0.717) is 24.3 Å². The summed E-state index contributed by atoms with van der Waals surface area (Å²) in [7, 11) is 1.37. The number of aryl methyl sites for hydroxylation is 1. The van der Waals surface area contributed by atoms with Crippen LogP contribution < -0.4 is 4.90 Å². The molecule has 6 heteroatoms. The van der Waals surface area contributed by atoms with Crippen LogP contribution in [-0.4, -0.2) is 31.1 Å². The van der Waals surface area contributed by atoms with Crippen molar-refractivity contribution in [1.82, 2.24) is 0 Å². The van der Waals surface area contributed by atoms with E-state index in [1.807, 2.05) is 11.8 Å². The Bertz CT molecular complexity index is 544. The largest absolute Gasteiger partial charge is 0.469 e. The maximum Gasteiger partial charge on any atom is 0.310 e. The van der Waals surface area contributed by atoms with Gasteiger partial charge in [-0.05, 0) is 18.9 Å². The zero-order valence-corrected chi connectivity index (χ0v) is 11.8. The first-order valence-electron chi connectivity index (χ1n) is 6.52. The van der Waals surface area contributed by atoms with Crippen LogP contribution in [0.3, 0.4) is 0 Å². The molecular weight excluding hydrogens is 260 g/mol. The van der Waals surface area contributed by atoms with E-state index in [1.54, 1.807) is 25.1 Å². The SMILES string of the molecule is COC(=O)C1CN(c2cccc(C)c2[N+](=O)[O-])CC1C. The zero-order chi connectivity index (χ0) is 14.9. The third kappa shape index (κ3) is 2.45. The standard InChI is InChI=1S/C14H18N2O4/c1-9-5-4-6-12(13(9)16(18)19)15-7-10(2)11(8-15)14(17)20-3/h4-6,10-11H,7-8H2,1-3H3. The lowest BCUT2D eigenvalue weighted by Gasteiger charge is -2.18. The molecule has 0 aromatic heterocycles. The zero-order valence-electron chi connectivity index (χ0n) is 11.8. The van der Waals surface area contributed by atoms with Crippen molar-refractivity contribution < 1.29 is 14.5 Å². The number of rotatable bonds is 3. The molecule has 0 saturated carbocycles. The number of anilines is 1. The minimum atomic E-state index is -0.360. The van der Waals surface area contributed by atoms with Crippen LogP contribution in [-0.2, 0) is 9.53 Å². The van der Waals surface area contributed by atoms with E-state index in [2.05, 4.69) is 0 Å². The van der Waals surface area contributed by atoms with E-state index < -0.39 is 0 Å². The first kappa shape index (κ1) is 14.3. The number of esters is 1. The van der Waals surface area contributed by atoms with Crippen molar-refractivity contribution in [3.05, 3.63) is 33.9 Å². The molecule has 2 atom stereocenters. The van der Waals surface area contributed by atoms with Crippen LogP contribution in [0.5, 0.6) is 0 Å². The van der Waals surface area contributed by atoms with Crippen molar-refractivity contribution in [1.29, 1.82) is 0 Å². The summed E-state index contributed by atoms with van der Waals surface area (Å²) in [4.78, 5) is 24.5. The molecule has 0 spiro atoms. The van der Waals surface area contributed by atoms with E-state index in [-0.39, 0.29) is 28.4 Å². The summed E-state index contributed by atoms with van der Waals surface area (Å²) in [6.07, 6.45) is 0. The number of carbonyl (C=O) groups is 1. The van der Waals surface area contributed by atoms with Gasteiger partial charge in [-0.25, -0.2) is 0 Å². The molecule has 6 nitrogen and oxygen atoms in total. The highest BCUT2D eigenvalue weighted by Crippen LogP contribution is 2.36. The molecule has 1 heterocycles. The second-order valence-electron chi connectivity index (χ2n) is 5.21. The molecule has 0 radical (unpaired) electrons. The van der Waals surface area contributed by atoms with E-state index in [0.717, 1.165) is 0 Å². The summed E-state index contributed by atoms with van der Waals surface area (Å²) < 4.78 is 4.79. The maximum absolute atomic E-state index is 11.7. The number of para-hydroxylation sites is 1. The minimum absolute atomic E-state index is 0.113. The fourth-order valence-electron chi connectivity index (χ4n) is 2.76. The Morgan fingerprint density at radius 1 is 1.45 bits per heavy atom. The van der Waals surface area contributed by atoms with Crippen LogP contribution in [0, 0.1) is 28.9 Å². The van der Waals surface area contributed by atoms with Gasteiger partial charge in [-0.2, -0.15) is 0 Å². The number of ether oxygens (including phenoxy) is 1. The van der Waals surface area contributed by atoms with Crippen molar-refractivity contribution in [2.24, 2.45) is 11.8 Å². The predicted octanol–water partition coefficient (Wildman–Crippen LogP) is 2.15. The van der Waals surface area contributed by atoms with Gasteiger partial charge in [0, 0.05) is 18.7 Å². The average Bonchev–Trinajstić information content (AvgIpc) is 2.79. The molecule has 1 aromatic rings. The fraction of sp³-hybridized carbons (Fsp3) is 0.500. The van der Waals surface area contributed by atoms with Gasteiger partial charge in [0.1, 0.15) is 5.69 Å². The van der Waals surface area contributed by atoms with Crippen LogP contribution >= 0.6 is 0 Å². The number of nitrogens with zero attached hydrogens (tertiary/aromatic N) is 2. The van der Waals surface area contributed by atoms with Gasteiger partial charge in [0.05, 0.1) is 18.0 Å². The molecule has 1 saturated heterocycles. The van der Waals surface area contributed by atoms with Crippen molar-refractivity contribution in [3.8, 4) is 0 Å². The first-order chi connectivity index (χ1) is 9.45. The molecule has 0 amide bonds. The molecule has 1 fully saturated rings. The summed E-state index contributed by atoms with van der Waals surface area (Å²) in [6.45, 7) is 4.75. The highest BCUT2D eigenvalue weighted by molar-refractivity contribution is 5.76. The Labute approximate surface area is 117 Å². The van der Waals surface area contributed by atoms with Crippen LogP contribution in [0.2, 0.25) is 0 Å². The van der Waals surface area contributed by atoms with Gasteiger partial charge in [-0.15, -0.1) is 0 Å². The molecule has 0 N–H and O–H groups in total. The number of benzene rings is 1. The molecule has 2 unspecified atom stereocenters. The summed E-state index contributed by atoms with van der Waals surface area (Å²) in [5.74, 6) is -0.377.